The molecule has 0 aliphatic heterocycles. The Balaban J connectivity index is 1.91. The smallest absolute Gasteiger partial charge is 0.122 e. The number of hydrogen-bond donors (Lipinski definition) is 0. The Bertz CT molecular complexity index is 539. The molecule has 18 heavy (non-hydrogen) atoms. The molecule has 4 aliphatic carbocycles. The number of hydrogen-bond acceptors (Lipinski definition) is 1. The number of methoxy groups -OCH3 is 1. The summed E-state index contributed by atoms with van der Waals surface area (Å²) in [6.45, 7) is 0. The number of halogens is 2. The second kappa shape index (κ2) is 3.68. The van der Waals surface area contributed by atoms with Gasteiger partial charge in [-0.1, -0.05) is 24.3 Å². The molecule has 0 amide bonds. The van der Waals surface area contributed by atoms with E-state index in [2.05, 4.69) is 24.3 Å². The van der Waals surface area contributed by atoms with Gasteiger partial charge in [0.2, 0.25) is 0 Å². The van der Waals surface area contributed by atoms with Gasteiger partial charge in [-0.2, -0.15) is 0 Å². The Kier molecular flexibility index (Phi) is 2.29. The van der Waals surface area contributed by atoms with Gasteiger partial charge in [-0.15, -0.1) is 23.2 Å². The van der Waals surface area contributed by atoms with Crippen LogP contribution in [0.2, 0.25) is 0 Å². The third kappa shape index (κ3) is 1.15. The SMILES string of the molecule is COc1cccc2c1[C@H]1C=C[C@H]2[C@@H]2[C@H](Cl)[C@H](Cl)[C@H]21. The van der Waals surface area contributed by atoms with E-state index in [9.17, 15) is 0 Å². The highest BCUT2D eigenvalue weighted by Crippen LogP contribution is 2.64. The Morgan fingerprint density at radius 2 is 1.67 bits per heavy atom. The molecule has 0 aromatic heterocycles. The standard InChI is InChI=1S/C15H14Cl2O/c1-18-10-4-2-3-7-8-5-6-9(11(7)10)13-12(8)14(16)15(13)17/h2-6,8-9,12-15H,1H3/t8-,9-,12+,13+,14+,15-/m1/s1. The Hall–Kier alpha value is -0.660. The fraction of sp³-hybridized carbons (Fsp3) is 0.467. The van der Waals surface area contributed by atoms with E-state index in [4.69, 9.17) is 27.9 Å². The van der Waals surface area contributed by atoms with Crippen molar-refractivity contribution in [1.82, 2.24) is 0 Å². The van der Waals surface area contributed by atoms with Gasteiger partial charge in [0, 0.05) is 17.4 Å². The molecule has 0 spiro atoms. The van der Waals surface area contributed by atoms with Crippen molar-refractivity contribution in [2.24, 2.45) is 11.8 Å². The van der Waals surface area contributed by atoms with Crippen molar-refractivity contribution < 1.29 is 4.74 Å². The van der Waals surface area contributed by atoms with Gasteiger partial charge < -0.3 is 4.74 Å². The minimum absolute atomic E-state index is 0.0900. The maximum atomic E-state index is 6.42. The summed E-state index contributed by atoms with van der Waals surface area (Å²) < 4.78 is 5.53. The summed E-state index contributed by atoms with van der Waals surface area (Å²) in [5, 5.41) is 0.195. The van der Waals surface area contributed by atoms with E-state index >= 15 is 0 Å². The van der Waals surface area contributed by atoms with Crippen molar-refractivity contribution in [3.05, 3.63) is 41.5 Å². The van der Waals surface area contributed by atoms with Crippen molar-refractivity contribution in [2.75, 3.05) is 7.11 Å². The maximum absolute atomic E-state index is 6.42. The van der Waals surface area contributed by atoms with Gasteiger partial charge in [0.25, 0.3) is 0 Å². The molecular formula is C15H14Cl2O. The zero-order valence-corrected chi connectivity index (χ0v) is 11.5. The molecule has 94 valence electrons. The quantitative estimate of drug-likeness (QED) is 0.560. The van der Waals surface area contributed by atoms with E-state index in [0.29, 0.717) is 23.7 Å². The molecule has 5 rings (SSSR count). The zero-order chi connectivity index (χ0) is 12.4. The highest BCUT2D eigenvalue weighted by atomic mass is 35.5. The van der Waals surface area contributed by atoms with Crippen molar-refractivity contribution in [3.8, 4) is 5.75 Å². The molecule has 4 aliphatic rings. The van der Waals surface area contributed by atoms with Gasteiger partial charge in [0.05, 0.1) is 17.9 Å². The van der Waals surface area contributed by atoms with Crippen molar-refractivity contribution >= 4 is 23.2 Å². The summed E-state index contributed by atoms with van der Waals surface area (Å²) in [7, 11) is 1.74. The normalized spacial score (nSPS) is 43.1. The Morgan fingerprint density at radius 3 is 2.39 bits per heavy atom. The summed E-state index contributed by atoms with van der Waals surface area (Å²) in [6, 6.07) is 6.32. The highest BCUT2D eigenvalue weighted by molar-refractivity contribution is 6.31. The van der Waals surface area contributed by atoms with Gasteiger partial charge in [0.1, 0.15) is 5.75 Å². The second-order valence-corrected chi connectivity index (χ2v) is 6.45. The Morgan fingerprint density at radius 1 is 1.00 bits per heavy atom. The first-order valence-corrected chi connectivity index (χ1v) is 7.24. The minimum atomic E-state index is 0.0900. The summed E-state index contributed by atoms with van der Waals surface area (Å²) in [5.74, 6) is 2.77. The first-order chi connectivity index (χ1) is 8.74. The van der Waals surface area contributed by atoms with Gasteiger partial charge in [0.15, 0.2) is 0 Å². The van der Waals surface area contributed by atoms with E-state index in [-0.39, 0.29) is 10.8 Å². The summed E-state index contributed by atoms with van der Waals surface area (Å²) in [4.78, 5) is 0. The predicted molar refractivity (Wildman–Crippen MR) is 73.9 cm³/mol. The molecule has 0 saturated heterocycles. The highest BCUT2D eigenvalue weighted by Gasteiger charge is 2.59. The van der Waals surface area contributed by atoms with Crippen LogP contribution < -0.4 is 4.74 Å². The van der Waals surface area contributed by atoms with Crippen molar-refractivity contribution in [2.45, 2.75) is 22.6 Å². The minimum Gasteiger partial charge on any atom is -0.496 e. The predicted octanol–water partition coefficient (Wildman–Crippen LogP) is 3.91. The van der Waals surface area contributed by atoms with Crippen LogP contribution >= 0.6 is 23.2 Å². The molecular weight excluding hydrogens is 267 g/mol. The summed E-state index contributed by atoms with van der Waals surface area (Å²) in [5.41, 5.74) is 2.72. The van der Waals surface area contributed by atoms with E-state index < -0.39 is 0 Å². The first-order valence-electron chi connectivity index (χ1n) is 6.37. The molecule has 3 heteroatoms. The van der Waals surface area contributed by atoms with Crippen LogP contribution in [0.5, 0.6) is 5.75 Å². The van der Waals surface area contributed by atoms with E-state index in [1.165, 1.54) is 11.1 Å². The van der Waals surface area contributed by atoms with Gasteiger partial charge >= 0.3 is 0 Å². The molecule has 0 N–H and O–H groups in total. The van der Waals surface area contributed by atoms with Crippen molar-refractivity contribution in [3.63, 3.8) is 0 Å². The van der Waals surface area contributed by atoms with E-state index in [0.717, 1.165) is 5.75 Å². The average molecular weight is 281 g/mol. The van der Waals surface area contributed by atoms with Crippen LogP contribution in [0.15, 0.2) is 30.4 Å². The van der Waals surface area contributed by atoms with Gasteiger partial charge in [-0.25, -0.2) is 0 Å². The van der Waals surface area contributed by atoms with Crippen LogP contribution in [0, 0.1) is 11.8 Å². The number of rotatable bonds is 1. The molecule has 1 aromatic rings. The van der Waals surface area contributed by atoms with Crippen LogP contribution in [0.4, 0.5) is 0 Å². The molecule has 1 aromatic carbocycles. The lowest BCUT2D eigenvalue weighted by Crippen LogP contribution is -2.57. The molecule has 1 nitrogen and oxygen atoms in total. The fourth-order valence-corrected chi connectivity index (χ4v) is 5.05. The first kappa shape index (κ1) is 11.2. The average Bonchev–Trinajstić information content (AvgIpc) is 2.45. The molecule has 0 radical (unpaired) electrons. The number of alkyl halides is 2. The van der Waals surface area contributed by atoms with Gasteiger partial charge in [-0.05, 0) is 23.5 Å². The lowest BCUT2D eigenvalue weighted by molar-refractivity contribution is 0.128. The molecule has 1 fully saturated rings. The van der Waals surface area contributed by atoms with Crippen LogP contribution in [-0.2, 0) is 0 Å². The summed E-state index contributed by atoms with van der Waals surface area (Å²) in [6.07, 6.45) is 4.61. The largest absolute Gasteiger partial charge is 0.496 e. The van der Waals surface area contributed by atoms with Crippen LogP contribution in [0.1, 0.15) is 23.0 Å². The Labute approximate surface area is 117 Å². The second-order valence-electron chi connectivity index (χ2n) is 5.44. The topological polar surface area (TPSA) is 9.23 Å². The molecule has 0 heterocycles. The van der Waals surface area contributed by atoms with Crippen LogP contribution in [-0.4, -0.2) is 17.9 Å². The summed E-state index contributed by atoms with van der Waals surface area (Å²) >= 11 is 12.8. The van der Waals surface area contributed by atoms with E-state index in [1.54, 1.807) is 7.11 Å². The molecule has 1 saturated carbocycles. The van der Waals surface area contributed by atoms with E-state index in [1.807, 2.05) is 6.07 Å². The van der Waals surface area contributed by atoms with Gasteiger partial charge in [-0.3, -0.25) is 0 Å². The lowest BCUT2D eigenvalue weighted by atomic mass is 9.51. The molecule has 2 bridgehead atoms. The monoisotopic (exact) mass is 280 g/mol. The maximum Gasteiger partial charge on any atom is 0.122 e. The number of benzene rings is 1. The number of ether oxygens (including phenoxy) is 1. The number of allylic oxidation sites excluding steroid dienone is 2. The zero-order valence-electron chi connectivity index (χ0n) is 10.0. The third-order valence-electron chi connectivity index (χ3n) is 4.85. The third-order valence-corrected chi connectivity index (χ3v) is 6.11. The molecule has 6 atom stereocenters. The fourth-order valence-electron chi connectivity index (χ4n) is 4.06. The van der Waals surface area contributed by atoms with Crippen LogP contribution in [0.3, 0.4) is 0 Å². The lowest BCUT2D eigenvalue weighted by Gasteiger charge is -2.58. The van der Waals surface area contributed by atoms with Crippen LogP contribution in [0.25, 0.3) is 0 Å². The van der Waals surface area contributed by atoms with Crippen molar-refractivity contribution in [1.29, 1.82) is 0 Å². The molecule has 0 unspecified atom stereocenters.